The smallest absolute Gasteiger partial charge is 0.312 e. The van der Waals surface area contributed by atoms with Gasteiger partial charge in [0.25, 0.3) is 0 Å². The van der Waals surface area contributed by atoms with Crippen LogP contribution >= 0.6 is 0 Å². The van der Waals surface area contributed by atoms with Crippen LogP contribution in [0.25, 0.3) is 0 Å². The number of carbonyl (C=O) groups excluding carboxylic acids is 2. The highest BCUT2D eigenvalue weighted by Gasteiger charge is 2.40. The van der Waals surface area contributed by atoms with E-state index in [0.29, 0.717) is 13.0 Å². The number of amides is 3. The minimum atomic E-state index is -0.893. The first-order valence-electron chi connectivity index (χ1n) is 6.85. The summed E-state index contributed by atoms with van der Waals surface area (Å²) in [5, 5.41) is 11.6. The molecule has 0 aromatic heterocycles. The van der Waals surface area contributed by atoms with Crippen molar-refractivity contribution in [3.05, 3.63) is 0 Å². The van der Waals surface area contributed by atoms with Crippen LogP contribution in [0.4, 0.5) is 4.79 Å². The molecule has 0 aromatic carbocycles. The number of aliphatic carboxylic acids is 1. The Morgan fingerprint density at radius 2 is 2.00 bits per heavy atom. The van der Waals surface area contributed by atoms with Crippen LogP contribution in [0, 0.1) is 17.8 Å². The number of rotatable bonds is 5. The minimum absolute atomic E-state index is 0.0609. The van der Waals surface area contributed by atoms with Gasteiger partial charge in [-0.3, -0.25) is 9.59 Å². The van der Waals surface area contributed by atoms with E-state index in [4.69, 9.17) is 10.8 Å². The summed E-state index contributed by atoms with van der Waals surface area (Å²) in [6, 6.07) is -1.44. The monoisotopic (exact) mass is 285 g/mol. The normalized spacial score (nSPS) is 25.1. The molecule has 7 nitrogen and oxygen atoms in total. The fourth-order valence-corrected chi connectivity index (χ4v) is 2.50. The van der Waals surface area contributed by atoms with Crippen LogP contribution in [0.2, 0.25) is 0 Å². The molecule has 0 aliphatic carbocycles. The molecule has 1 aliphatic heterocycles. The molecule has 1 fully saturated rings. The zero-order chi connectivity index (χ0) is 15.4. The summed E-state index contributed by atoms with van der Waals surface area (Å²) in [7, 11) is 0. The van der Waals surface area contributed by atoms with Gasteiger partial charge in [-0.15, -0.1) is 0 Å². The lowest BCUT2D eigenvalue weighted by atomic mass is 9.98. The van der Waals surface area contributed by atoms with Crippen LogP contribution in [0.15, 0.2) is 0 Å². The van der Waals surface area contributed by atoms with Gasteiger partial charge in [-0.25, -0.2) is 4.79 Å². The molecule has 4 N–H and O–H groups in total. The quantitative estimate of drug-likeness (QED) is 0.672. The Kier molecular flexibility index (Phi) is 5.35. The van der Waals surface area contributed by atoms with Gasteiger partial charge >= 0.3 is 12.0 Å². The summed E-state index contributed by atoms with van der Waals surface area (Å²) < 4.78 is 0. The number of urea groups is 1. The van der Waals surface area contributed by atoms with Gasteiger partial charge in [-0.1, -0.05) is 27.2 Å². The van der Waals surface area contributed by atoms with Gasteiger partial charge in [-0.2, -0.15) is 0 Å². The molecule has 0 aromatic rings. The molecule has 3 amide bonds. The number of nitrogens with zero attached hydrogens (tertiary/aromatic N) is 1. The lowest BCUT2D eigenvalue weighted by Crippen LogP contribution is -2.52. The summed E-state index contributed by atoms with van der Waals surface area (Å²) >= 11 is 0. The van der Waals surface area contributed by atoms with E-state index in [1.54, 1.807) is 0 Å². The Bertz CT molecular complexity index is 399. The lowest BCUT2D eigenvalue weighted by molar-refractivity contribution is -0.142. The number of carboxylic acids is 1. The number of primary amides is 1. The second-order valence-electron chi connectivity index (χ2n) is 5.54. The lowest BCUT2D eigenvalue weighted by Gasteiger charge is -2.27. The van der Waals surface area contributed by atoms with E-state index in [1.165, 1.54) is 4.90 Å². The molecule has 0 spiro atoms. The molecular weight excluding hydrogens is 262 g/mol. The third-order valence-electron chi connectivity index (χ3n) is 4.02. The number of likely N-dealkylation sites (tertiary alicyclic amines) is 1. The maximum Gasteiger partial charge on any atom is 0.312 e. The van der Waals surface area contributed by atoms with Crippen molar-refractivity contribution in [1.82, 2.24) is 10.2 Å². The van der Waals surface area contributed by atoms with Crippen LogP contribution in [-0.2, 0) is 9.59 Å². The molecular formula is C13H23N3O4. The number of hydrogen-bond donors (Lipinski definition) is 3. The van der Waals surface area contributed by atoms with Crippen molar-refractivity contribution in [1.29, 1.82) is 0 Å². The van der Waals surface area contributed by atoms with Gasteiger partial charge in [0.15, 0.2) is 0 Å². The Hall–Kier alpha value is -1.79. The summed E-state index contributed by atoms with van der Waals surface area (Å²) in [6.07, 6.45) is 0.711. The molecule has 0 saturated carbocycles. The Morgan fingerprint density at radius 3 is 2.40 bits per heavy atom. The van der Waals surface area contributed by atoms with Crippen LogP contribution in [0.1, 0.15) is 27.2 Å². The predicted octanol–water partition coefficient (Wildman–Crippen LogP) is 0.249. The maximum absolute atomic E-state index is 12.5. The van der Waals surface area contributed by atoms with Gasteiger partial charge in [-0.05, 0) is 11.8 Å². The molecule has 114 valence electrons. The van der Waals surface area contributed by atoms with Gasteiger partial charge in [0.2, 0.25) is 5.91 Å². The average Bonchev–Trinajstić information content (AvgIpc) is 2.76. The molecule has 1 aliphatic rings. The molecule has 0 radical (unpaired) electrons. The van der Waals surface area contributed by atoms with Gasteiger partial charge in [0.05, 0.1) is 5.92 Å². The SMILES string of the molecule is CCC(C)C(NC(N)=O)C(=O)N1C[C@@H](C)[C@H](C(=O)O)C1. The first-order valence-corrected chi connectivity index (χ1v) is 6.85. The van der Waals surface area contributed by atoms with Crippen molar-refractivity contribution >= 4 is 17.9 Å². The van der Waals surface area contributed by atoms with E-state index in [9.17, 15) is 14.4 Å². The Morgan fingerprint density at radius 1 is 1.40 bits per heavy atom. The van der Waals surface area contributed by atoms with Crippen molar-refractivity contribution in [3.63, 3.8) is 0 Å². The third kappa shape index (κ3) is 3.61. The zero-order valence-electron chi connectivity index (χ0n) is 12.1. The highest BCUT2D eigenvalue weighted by atomic mass is 16.4. The predicted molar refractivity (Wildman–Crippen MR) is 72.8 cm³/mol. The second-order valence-corrected chi connectivity index (χ2v) is 5.54. The second kappa shape index (κ2) is 6.58. The van der Waals surface area contributed by atoms with E-state index in [2.05, 4.69) is 5.32 Å². The van der Waals surface area contributed by atoms with Crippen LogP contribution in [-0.4, -0.2) is 47.0 Å². The van der Waals surface area contributed by atoms with Gasteiger partial charge in [0.1, 0.15) is 6.04 Å². The van der Waals surface area contributed by atoms with E-state index in [-0.39, 0.29) is 24.3 Å². The Labute approximate surface area is 118 Å². The fourth-order valence-electron chi connectivity index (χ4n) is 2.50. The number of carbonyl (C=O) groups is 3. The number of nitrogens with two attached hydrogens (primary N) is 1. The molecule has 1 rings (SSSR count). The summed E-state index contributed by atoms with van der Waals surface area (Å²) in [5.41, 5.74) is 5.11. The first kappa shape index (κ1) is 16.3. The molecule has 1 heterocycles. The molecule has 2 unspecified atom stereocenters. The number of hydrogen-bond acceptors (Lipinski definition) is 3. The largest absolute Gasteiger partial charge is 0.481 e. The maximum atomic E-state index is 12.5. The van der Waals surface area contributed by atoms with Crippen LogP contribution in [0.3, 0.4) is 0 Å². The molecule has 1 saturated heterocycles. The van der Waals surface area contributed by atoms with Crippen molar-refractivity contribution in [2.24, 2.45) is 23.5 Å². The van der Waals surface area contributed by atoms with Crippen molar-refractivity contribution in [2.75, 3.05) is 13.1 Å². The highest BCUT2D eigenvalue weighted by Crippen LogP contribution is 2.25. The highest BCUT2D eigenvalue weighted by molar-refractivity contribution is 5.87. The van der Waals surface area contributed by atoms with Crippen molar-refractivity contribution in [3.8, 4) is 0 Å². The average molecular weight is 285 g/mol. The number of nitrogens with one attached hydrogen (secondary N) is 1. The van der Waals surface area contributed by atoms with E-state index in [0.717, 1.165) is 0 Å². The molecule has 20 heavy (non-hydrogen) atoms. The van der Waals surface area contributed by atoms with Crippen molar-refractivity contribution < 1.29 is 19.5 Å². The molecule has 0 bridgehead atoms. The summed E-state index contributed by atoms with van der Waals surface area (Å²) in [5.74, 6) is -1.86. The van der Waals surface area contributed by atoms with E-state index in [1.807, 2.05) is 20.8 Å². The van der Waals surface area contributed by atoms with Gasteiger partial charge in [0, 0.05) is 13.1 Å². The topological polar surface area (TPSA) is 113 Å². The van der Waals surface area contributed by atoms with Crippen molar-refractivity contribution in [2.45, 2.75) is 33.2 Å². The Balaban J connectivity index is 2.80. The molecule has 7 heteroatoms. The van der Waals surface area contributed by atoms with E-state index >= 15 is 0 Å². The zero-order valence-corrected chi connectivity index (χ0v) is 12.1. The van der Waals surface area contributed by atoms with Crippen LogP contribution in [0.5, 0.6) is 0 Å². The minimum Gasteiger partial charge on any atom is -0.481 e. The summed E-state index contributed by atoms with van der Waals surface area (Å²) in [4.78, 5) is 36.1. The van der Waals surface area contributed by atoms with Gasteiger partial charge < -0.3 is 21.1 Å². The van der Waals surface area contributed by atoms with Crippen LogP contribution < -0.4 is 11.1 Å². The standard InChI is InChI=1S/C13H23N3O4/c1-4-7(2)10(15-13(14)20)11(17)16-5-8(3)9(6-16)12(18)19/h7-10H,4-6H2,1-3H3,(H,18,19)(H3,14,15,20)/t7?,8-,9-,10?/m1/s1. The number of carboxylic acid groups (broad SMARTS) is 1. The third-order valence-corrected chi connectivity index (χ3v) is 4.02. The first-order chi connectivity index (χ1) is 9.27. The fraction of sp³-hybridized carbons (Fsp3) is 0.769. The van der Waals surface area contributed by atoms with E-state index < -0.39 is 24.0 Å². The summed E-state index contributed by atoms with van der Waals surface area (Å²) in [6.45, 7) is 6.16. The molecule has 4 atom stereocenters.